The van der Waals surface area contributed by atoms with E-state index in [-0.39, 0.29) is 0 Å². The number of nitrogens with two attached hydrogens (primary N) is 1. The normalized spacial score (nSPS) is 10.8. The Morgan fingerprint density at radius 2 is 1.69 bits per heavy atom. The molecule has 0 saturated heterocycles. The van der Waals surface area contributed by atoms with Gasteiger partial charge in [0, 0.05) is 29.4 Å². The maximum Gasteiger partial charge on any atom is 0.144 e. The number of para-hydroxylation sites is 1. The number of hydrogen-bond donors (Lipinski definition) is 1. The molecule has 5 nitrogen and oxygen atoms in total. The molecule has 0 unspecified atom stereocenters. The van der Waals surface area contributed by atoms with Crippen molar-refractivity contribution >= 4 is 28.2 Å². The molecule has 2 aromatic heterocycles. The van der Waals surface area contributed by atoms with E-state index in [4.69, 9.17) is 5.73 Å². The third-order valence-corrected chi connectivity index (χ3v) is 4.37. The van der Waals surface area contributed by atoms with Gasteiger partial charge in [-0.3, -0.25) is 0 Å². The Morgan fingerprint density at radius 1 is 0.885 bits per heavy atom. The lowest BCUT2D eigenvalue weighted by molar-refractivity contribution is 0.990. The van der Waals surface area contributed by atoms with E-state index in [1.165, 1.54) is 0 Å². The molecule has 4 aromatic rings. The molecule has 0 amide bonds. The molecule has 0 radical (unpaired) electrons. The molecule has 0 atom stereocenters. The highest BCUT2D eigenvalue weighted by Gasteiger charge is 2.13. The first-order valence-corrected chi connectivity index (χ1v) is 8.55. The topological polar surface area (TPSA) is 67.9 Å². The minimum absolute atomic E-state index is 0.514. The molecular weight excluding hydrogens is 322 g/mol. The first-order chi connectivity index (χ1) is 12.8. The van der Waals surface area contributed by atoms with Crippen molar-refractivity contribution in [2.24, 2.45) is 0 Å². The van der Waals surface area contributed by atoms with Gasteiger partial charge >= 0.3 is 0 Å². The molecule has 0 bridgehead atoms. The fourth-order valence-electron chi connectivity index (χ4n) is 3.08. The highest BCUT2D eigenvalue weighted by atomic mass is 15.2. The van der Waals surface area contributed by atoms with Gasteiger partial charge in [-0.1, -0.05) is 24.3 Å². The van der Waals surface area contributed by atoms with E-state index in [0.29, 0.717) is 5.82 Å². The smallest absolute Gasteiger partial charge is 0.144 e. The molecule has 0 saturated carbocycles. The zero-order valence-electron chi connectivity index (χ0n) is 14.5. The molecule has 0 fully saturated rings. The van der Waals surface area contributed by atoms with Gasteiger partial charge in [-0.15, -0.1) is 0 Å². The fraction of sp³-hybridized carbons (Fsp3) is 0.0952. The number of benzene rings is 2. The second-order valence-corrected chi connectivity index (χ2v) is 5.98. The summed E-state index contributed by atoms with van der Waals surface area (Å²) in [6.07, 6.45) is 3.41. The predicted octanol–water partition coefficient (Wildman–Crippen LogP) is 4.43. The third kappa shape index (κ3) is 2.95. The van der Waals surface area contributed by atoms with Crippen LogP contribution in [0.1, 0.15) is 6.92 Å². The van der Waals surface area contributed by atoms with Gasteiger partial charge in [0.25, 0.3) is 0 Å². The number of hydrogen-bond acceptors (Lipinski definition) is 5. The Bertz CT molecular complexity index is 1030. The van der Waals surface area contributed by atoms with Crippen LogP contribution in [0.2, 0.25) is 0 Å². The summed E-state index contributed by atoms with van der Waals surface area (Å²) in [5.41, 5.74) is 9.80. The summed E-state index contributed by atoms with van der Waals surface area (Å²) < 4.78 is 0. The van der Waals surface area contributed by atoms with Crippen LogP contribution in [0, 0.1) is 0 Å². The highest BCUT2D eigenvalue weighted by Crippen LogP contribution is 2.32. The summed E-state index contributed by atoms with van der Waals surface area (Å²) in [6, 6.07) is 20.2. The Balaban J connectivity index is 1.87. The first kappa shape index (κ1) is 16.0. The largest absolute Gasteiger partial charge is 0.384 e. The Labute approximate surface area is 152 Å². The van der Waals surface area contributed by atoms with E-state index in [1.54, 1.807) is 12.5 Å². The van der Waals surface area contributed by atoms with Crippen molar-refractivity contribution in [1.29, 1.82) is 0 Å². The van der Waals surface area contributed by atoms with Crippen molar-refractivity contribution in [3.05, 3.63) is 73.2 Å². The summed E-state index contributed by atoms with van der Waals surface area (Å²) >= 11 is 0. The summed E-state index contributed by atoms with van der Waals surface area (Å²) in [6.45, 7) is 2.93. The molecule has 26 heavy (non-hydrogen) atoms. The molecule has 128 valence electrons. The maximum absolute atomic E-state index is 5.70. The second-order valence-electron chi connectivity index (χ2n) is 5.98. The van der Waals surface area contributed by atoms with Crippen LogP contribution in [0.25, 0.3) is 22.0 Å². The molecule has 0 spiro atoms. The van der Waals surface area contributed by atoms with E-state index >= 15 is 0 Å². The standard InChI is InChI=1S/C21H19N5/c1-2-26(17-6-4-3-5-7-17)21-18-12-15(8-10-19(18)24-14-25-21)16-9-11-20(22)23-13-16/h3-14H,2H2,1H3,(H2,22,23). The number of rotatable bonds is 4. The van der Waals surface area contributed by atoms with Crippen LogP contribution in [0.3, 0.4) is 0 Å². The number of pyridine rings is 1. The molecular formula is C21H19N5. The van der Waals surface area contributed by atoms with E-state index in [1.807, 2.05) is 42.5 Å². The molecule has 0 aliphatic heterocycles. The predicted molar refractivity (Wildman–Crippen MR) is 106 cm³/mol. The minimum Gasteiger partial charge on any atom is -0.384 e. The highest BCUT2D eigenvalue weighted by molar-refractivity contribution is 5.94. The van der Waals surface area contributed by atoms with E-state index < -0.39 is 0 Å². The molecule has 0 aliphatic carbocycles. The van der Waals surface area contributed by atoms with Crippen LogP contribution < -0.4 is 10.6 Å². The van der Waals surface area contributed by atoms with Gasteiger partial charge in [0.05, 0.1) is 5.52 Å². The molecule has 0 aliphatic rings. The molecule has 4 rings (SSSR count). The Morgan fingerprint density at radius 3 is 2.42 bits per heavy atom. The number of nitrogen functional groups attached to an aromatic ring is 1. The van der Waals surface area contributed by atoms with Gasteiger partial charge in [0.15, 0.2) is 0 Å². The zero-order valence-corrected chi connectivity index (χ0v) is 14.5. The number of anilines is 3. The zero-order chi connectivity index (χ0) is 17.9. The second kappa shape index (κ2) is 6.80. The average molecular weight is 341 g/mol. The van der Waals surface area contributed by atoms with Crippen LogP contribution >= 0.6 is 0 Å². The Kier molecular flexibility index (Phi) is 4.19. The number of fused-ring (bicyclic) bond motifs is 1. The molecule has 5 heteroatoms. The van der Waals surface area contributed by atoms with Gasteiger partial charge in [-0.05, 0) is 48.9 Å². The van der Waals surface area contributed by atoms with Gasteiger partial charge < -0.3 is 10.6 Å². The van der Waals surface area contributed by atoms with E-state index in [9.17, 15) is 0 Å². The van der Waals surface area contributed by atoms with Gasteiger partial charge in [0.2, 0.25) is 0 Å². The SMILES string of the molecule is CCN(c1ccccc1)c1ncnc2ccc(-c3ccc(N)nc3)cc12. The van der Waals surface area contributed by atoms with Gasteiger partial charge in [-0.2, -0.15) is 0 Å². The summed E-state index contributed by atoms with van der Waals surface area (Å²) in [5.74, 6) is 1.41. The fourth-order valence-corrected chi connectivity index (χ4v) is 3.08. The van der Waals surface area contributed by atoms with Crippen molar-refractivity contribution in [2.45, 2.75) is 6.92 Å². The van der Waals surface area contributed by atoms with Crippen LogP contribution in [0.5, 0.6) is 0 Å². The molecule has 2 heterocycles. The van der Waals surface area contributed by atoms with Crippen LogP contribution in [0.15, 0.2) is 73.2 Å². The quantitative estimate of drug-likeness (QED) is 0.594. The van der Waals surface area contributed by atoms with Crippen molar-refractivity contribution in [2.75, 3.05) is 17.2 Å². The molecule has 2 N–H and O–H groups in total. The lowest BCUT2D eigenvalue weighted by Crippen LogP contribution is -2.17. The summed E-state index contributed by atoms with van der Waals surface area (Å²) in [7, 11) is 0. The van der Waals surface area contributed by atoms with E-state index in [0.717, 1.165) is 40.1 Å². The monoisotopic (exact) mass is 341 g/mol. The van der Waals surface area contributed by atoms with Crippen LogP contribution in [-0.4, -0.2) is 21.5 Å². The van der Waals surface area contributed by atoms with Crippen molar-refractivity contribution in [1.82, 2.24) is 15.0 Å². The summed E-state index contributed by atoms with van der Waals surface area (Å²) in [5, 5.41) is 1.01. The van der Waals surface area contributed by atoms with Crippen molar-refractivity contribution in [3.63, 3.8) is 0 Å². The third-order valence-electron chi connectivity index (χ3n) is 4.37. The number of nitrogens with zero attached hydrogens (tertiary/aromatic N) is 4. The van der Waals surface area contributed by atoms with Crippen LogP contribution in [0.4, 0.5) is 17.3 Å². The lowest BCUT2D eigenvalue weighted by Gasteiger charge is -2.23. The van der Waals surface area contributed by atoms with E-state index in [2.05, 4.69) is 45.0 Å². The lowest BCUT2D eigenvalue weighted by atomic mass is 10.0. The average Bonchev–Trinajstić information content (AvgIpc) is 2.70. The van der Waals surface area contributed by atoms with Gasteiger partial charge in [0.1, 0.15) is 18.0 Å². The van der Waals surface area contributed by atoms with Gasteiger partial charge in [-0.25, -0.2) is 15.0 Å². The van der Waals surface area contributed by atoms with Crippen LogP contribution in [-0.2, 0) is 0 Å². The van der Waals surface area contributed by atoms with Crippen molar-refractivity contribution < 1.29 is 0 Å². The minimum atomic E-state index is 0.514. The number of aromatic nitrogens is 3. The Hall–Kier alpha value is -3.47. The van der Waals surface area contributed by atoms with Crippen molar-refractivity contribution in [3.8, 4) is 11.1 Å². The molecule has 2 aromatic carbocycles. The first-order valence-electron chi connectivity index (χ1n) is 8.55. The maximum atomic E-state index is 5.70. The summed E-state index contributed by atoms with van der Waals surface area (Å²) in [4.78, 5) is 15.4.